The summed E-state index contributed by atoms with van der Waals surface area (Å²) in [5.74, 6) is 1.80. The number of methoxy groups -OCH3 is 1. The molecule has 1 aliphatic heterocycles. The van der Waals surface area contributed by atoms with Crippen LogP contribution in [0.25, 0.3) is 10.9 Å². The van der Waals surface area contributed by atoms with E-state index < -0.39 is 0 Å². The van der Waals surface area contributed by atoms with Crippen LogP contribution in [0.4, 0.5) is 10.2 Å². The Labute approximate surface area is 208 Å². The van der Waals surface area contributed by atoms with E-state index in [1.54, 1.807) is 7.11 Å². The number of nitrogens with one attached hydrogen (secondary N) is 2. The molecule has 0 saturated heterocycles. The molecule has 2 aliphatic rings. The maximum atomic E-state index is 14.7. The largest absolute Gasteiger partial charge is 0.497 e. The van der Waals surface area contributed by atoms with Crippen molar-refractivity contribution >= 4 is 34.4 Å². The fraction of sp³-hybridized carbons (Fsp3) is 0.423. The van der Waals surface area contributed by atoms with E-state index in [0.717, 1.165) is 47.2 Å². The number of nitrogens with zero attached hydrogens (tertiary/aromatic N) is 2. The minimum atomic E-state index is -0.316. The van der Waals surface area contributed by atoms with Gasteiger partial charge in [0.2, 0.25) is 5.91 Å². The zero-order chi connectivity index (χ0) is 24.4. The highest BCUT2D eigenvalue weighted by Gasteiger charge is 2.27. The van der Waals surface area contributed by atoms with Gasteiger partial charge in [0.25, 0.3) is 0 Å². The van der Waals surface area contributed by atoms with Crippen LogP contribution in [0.3, 0.4) is 0 Å². The molecule has 1 saturated carbocycles. The van der Waals surface area contributed by atoms with Crippen LogP contribution in [0.1, 0.15) is 36.9 Å². The second kappa shape index (κ2) is 10.5. The lowest BCUT2D eigenvalue weighted by atomic mass is 9.79. The molecule has 35 heavy (non-hydrogen) atoms. The van der Waals surface area contributed by atoms with Crippen molar-refractivity contribution in [1.82, 2.24) is 15.3 Å². The number of carbonyl (C=O) groups is 1. The number of thioether (sulfide) groups is 1. The minimum Gasteiger partial charge on any atom is -0.497 e. The summed E-state index contributed by atoms with van der Waals surface area (Å²) in [5, 5.41) is 7.22. The topological polar surface area (TPSA) is 102 Å². The summed E-state index contributed by atoms with van der Waals surface area (Å²) in [5.41, 5.74) is 8.89. The lowest BCUT2D eigenvalue weighted by Gasteiger charge is -2.33. The zero-order valence-corrected chi connectivity index (χ0v) is 20.5. The molecule has 1 aromatic carbocycles. The molecule has 7 nitrogen and oxygen atoms in total. The standard InChI is InChI=1S/C26H30FN5O2S/c1-34-18-7-8-23-20(10-18)19(21(27)13-30-23)11-22(28)15-2-4-16(5-3-15)29-12-17-6-9-24-26(31-17)32-25(33)14-35-24/h6-10,13,15-16,22,29H,2-5,11-12,14,28H2,1H3,(H,31,32,33)/t15?,16?,22-/m1/s1. The Hall–Kier alpha value is -2.75. The van der Waals surface area contributed by atoms with Gasteiger partial charge in [0.05, 0.1) is 35.2 Å². The molecule has 4 N–H and O–H groups in total. The highest BCUT2D eigenvalue weighted by Crippen LogP contribution is 2.32. The Morgan fingerprint density at radius 2 is 2.09 bits per heavy atom. The first-order valence-corrected chi connectivity index (χ1v) is 13.0. The third kappa shape index (κ3) is 5.42. The van der Waals surface area contributed by atoms with Crippen LogP contribution in [0.2, 0.25) is 0 Å². The van der Waals surface area contributed by atoms with Gasteiger partial charge in [-0.25, -0.2) is 9.37 Å². The predicted molar refractivity (Wildman–Crippen MR) is 136 cm³/mol. The second-order valence-electron chi connectivity index (χ2n) is 9.31. The quantitative estimate of drug-likeness (QED) is 0.455. The summed E-state index contributed by atoms with van der Waals surface area (Å²) in [7, 11) is 1.60. The zero-order valence-electron chi connectivity index (χ0n) is 19.7. The third-order valence-electron chi connectivity index (χ3n) is 7.06. The number of anilines is 1. The molecule has 0 radical (unpaired) electrons. The molecule has 1 fully saturated rings. The molecular formula is C26H30FN5O2S. The SMILES string of the molecule is COc1ccc2ncc(F)c(C[C@@H](N)C3CCC(NCc4ccc5c(n4)NC(=O)CS5)CC3)c2c1. The third-order valence-corrected chi connectivity index (χ3v) is 8.10. The van der Waals surface area contributed by atoms with E-state index in [2.05, 4.69) is 20.6 Å². The molecule has 1 aliphatic carbocycles. The number of hydrogen-bond donors (Lipinski definition) is 3. The Kier molecular flexibility index (Phi) is 7.17. The lowest BCUT2D eigenvalue weighted by molar-refractivity contribution is -0.113. The van der Waals surface area contributed by atoms with Crippen LogP contribution in [-0.2, 0) is 17.8 Å². The van der Waals surface area contributed by atoms with E-state index >= 15 is 0 Å². The summed E-state index contributed by atoms with van der Waals surface area (Å²) in [4.78, 5) is 21.5. The molecule has 0 unspecified atom stereocenters. The summed E-state index contributed by atoms with van der Waals surface area (Å²) in [6.45, 7) is 0.658. The van der Waals surface area contributed by atoms with Crippen molar-refractivity contribution in [2.24, 2.45) is 11.7 Å². The van der Waals surface area contributed by atoms with Gasteiger partial charge in [-0.2, -0.15) is 0 Å². The molecule has 0 bridgehead atoms. The van der Waals surface area contributed by atoms with E-state index in [9.17, 15) is 9.18 Å². The van der Waals surface area contributed by atoms with Gasteiger partial charge >= 0.3 is 0 Å². The first-order chi connectivity index (χ1) is 17.0. The molecule has 9 heteroatoms. The van der Waals surface area contributed by atoms with E-state index in [4.69, 9.17) is 10.5 Å². The smallest absolute Gasteiger partial charge is 0.235 e. The van der Waals surface area contributed by atoms with Crippen LogP contribution >= 0.6 is 11.8 Å². The Morgan fingerprint density at radius 3 is 2.89 bits per heavy atom. The number of nitrogens with two attached hydrogens (primary N) is 1. The maximum Gasteiger partial charge on any atom is 0.235 e. The Morgan fingerprint density at radius 1 is 1.26 bits per heavy atom. The van der Waals surface area contributed by atoms with Gasteiger partial charge < -0.3 is 21.1 Å². The van der Waals surface area contributed by atoms with Gasteiger partial charge in [0, 0.05) is 29.6 Å². The van der Waals surface area contributed by atoms with Crippen molar-refractivity contribution in [2.45, 2.75) is 55.6 Å². The number of hydrogen-bond acceptors (Lipinski definition) is 7. The van der Waals surface area contributed by atoms with Gasteiger partial charge in [-0.15, -0.1) is 11.8 Å². The van der Waals surface area contributed by atoms with E-state index in [0.29, 0.717) is 47.8 Å². The first-order valence-electron chi connectivity index (χ1n) is 12.0. The van der Waals surface area contributed by atoms with Crippen molar-refractivity contribution in [2.75, 3.05) is 18.2 Å². The number of aromatic nitrogens is 2. The summed E-state index contributed by atoms with van der Waals surface area (Å²) in [6.07, 6.45) is 5.79. The van der Waals surface area contributed by atoms with Gasteiger partial charge in [0.15, 0.2) is 0 Å². The highest BCUT2D eigenvalue weighted by atomic mass is 32.2. The predicted octanol–water partition coefficient (Wildman–Crippen LogP) is 4.04. The number of amides is 1. The average Bonchev–Trinajstić information content (AvgIpc) is 2.88. The minimum absolute atomic E-state index is 0.00597. The van der Waals surface area contributed by atoms with E-state index in [1.165, 1.54) is 18.0 Å². The van der Waals surface area contributed by atoms with Gasteiger partial charge in [-0.3, -0.25) is 9.78 Å². The molecule has 0 spiro atoms. The molecule has 3 aromatic rings. The first kappa shape index (κ1) is 24.0. The number of benzene rings is 1. The van der Waals surface area contributed by atoms with Crippen molar-refractivity contribution in [3.05, 3.63) is 53.6 Å². The number of carbonyl (C=O) groups excluding carboxylic acids is 1. The fourth-order valence-corrected chi connectivity index (χ4v) is 5.80. The van der Waals surface area contributed by atoms with E-state index in [1.807, 2.05) is 30.3 Å². The molecule has 3 heterocycles. The van der Waals surface area contributed by atoms with Crippen LogP contribution in [0.5, 0.6) is 5.75 Å². The van der Waals surface area contributed by atoms with Crippen LogP contribution < -0.4 is 21.1 Å². The van der Waals surface area contributed by atoms with Gasteiger partial charge in [-0.05, 0) is 68.4 Å². The van der Waals surface area contributed by atoms with Crippen molar-refractivity contribution < 1.29 is 13.9 Å². The fourth-order valence-electron chi connectivity index (χ4n) is 5.04. The Balaban J connectivity index is 1.16. The Bertz CT molecular complexity index is 1230. The van der Waals surface area contributed by atoms with Crippen LogP contribution in [0.15, 0.2) is 41.4 Å². The number of ether oxygens (including phenoxy) is 1. The highest BCUT2D eigenvalue weighted by molar-refractivity contribution is 8.00. The molecule has 184 valence electrons. The molecule has 2 aromatic heterocycles. The van der Waals surface area contributed by atoms with Gasteiger partial charge in [0.1, 0.15) is 17.4 Å². The monoisotopic (exact) mass is 495 g/mol. The van der Waals surface area contributed by atoms with Crippen molar-refractivity contribution in [1.29, 1.82) is 0 Å². The maximum absolute atomic E-state index is 14.7. The van der Waals surface area contributed by atoms with E-state index in [-0.39, 0.29) is 17.8 Å². The number of rotatable bonds is 7. The van der Waals surface area contributed by atoms with Gasteiger partial charge in [-0.1, -0.05) is 0 Å². The summed E-state index contributed by atoms with van der Waals surface area (Å²) >= 11 is 1.52. The molecule has 1 amide bonds. The summed E-state index contributed by atoms with van der Waals surface area (Å²) in [6, 6.07) is 9.84. The molecule has 1 atom stereocenters. The number of pyridine rings is 2. The second-order valence-corrected chi connectivity index (χ2v) is 10.3. The number of halogens is 1. The molecule has 5 rings (SSSR count). The molecular weight excluding hydrogens is 465 g/mol. The number of fused-ring (bicyclic) bond motifs is 2. The van der Waals surface area contributed by atoms with Crippen molar-refractivity contribution in [3.8, 4) is 5.75 Å². The van der Waals surface area contributed by atoms with Crippen molar-refractivity contribution in [3.63, 3.8) is 0 Å². The van der Waals surface area contributed by atoms with Crippen LogP contribution in [0, 0.1) is 11.7 Å². The lowest BCUT2D eigenvalue weighted by Crippen LogP contribution is -2.39. The average molecular weight is 496 g/mol. The normalized spacial score (nSPS) is 20.8. The summed E-state index contributed by atoms with van der Waals surface area (Å²) < 4.78 is 20.1. The van der Waals surface area contributed by atoms with Crippen LogP contribution in [-0.4, -0.2) is 40.8 Å².